The number of aryl methyl sites for hydroxylation is 1. The van der Waals surface area contributed by atoms with Gasteiger partial charge in [-0.05, 0) is 24.6 Å². The highest BCUT2D eigenvalue weighted by Crippen LogP contribution is 2.20. The standard InChI is InChI=1S/C10H10N2OS/c1-8-9(5-10(7-13)14-8)6-12-4-2-3-11-12/h2-5,7H,6H2,1H3. The number of carbonyl (C=O) groups is 1. The van der Waals surface area contributed by atoms with Gasteiger partial charge in [0.05, 0.1) is 11.4 Å². The van der Waals surface area contributed by atoms with Crippen LogP contribution in [0.4, 0.5) is 0 Å². The quantitative estimate of drug-likeness (QED) is 0.721. The molecule has 2 aromatic heterocycles. The summed E-state index contributed by atoms with van der Waals surface area (Å²) in [6, 6.07) is 3.82. The van der Waals surface area contributed by atoms with E-state index in [4.69, 9.17) is 0 Å². The lowest BCUT2D eigenvalue weighted by atomic mass is 10.2. The fourth-order valence-electron chi connectivity index (χ4n) is 1.33. The van der Waals surface area contributed by atoms with E-state index < -0.39 is 0 Å². The third-order valence-electron chi connectivity index (χ3n) is 2.05. The summed E-state index contributed by atoms with van der Waals surface area (Å²) in [5.74, 6) is 0. The molecule has 0 amide bonds. The number of aromatic nitrogens is 2. The molecule has 0 aromatic carbocycles. The van der Waals surface area contributed by atoms with E-state index in [2.05, 4.69) is 5.10 Å². The van der Waals surface area contributed by atoms with Crippen molar-refractivity contribution in [3.63, 3.8) is 0 Å². The Morgan fingerprint density at radius 1 is 1.64 bits per heavy atom. The molecule has 3 nitrogen and oxygen atoms in total. The van der Waals surface area contributed by atoms with Gasteiger partial charge in [-0.3, -0.25) is 9.48 Å². The molecule has 2 aromatic rings. The predicted octanol–water partition coefficient (Wildman–Crippen LogP) is 2.11. The SMILES string of the molecule is Cc1sc(C=O)cc1Cn1cccn1. The van der Waals surface area contributed by atoms with E-state index in [1.54, 1.807) is 6.20 Å². The Kier molecular flexibility index (Phi) is 2.45. The van der Waals surface area contributed by atoms with Crippen LogP contribution in [0.25, 0.3) is 0 Å². The Hall–Kier alpha value is -1.42. The Morgan fingerprint density at radius 3 is 3.07 bits per heavy atom. The second kappa shape index (κ2) is 3.75. The summed E-state index contributed by atoms with van der Waals surface area (Å²) in [5.41, 5.74) is 1.17. The Bertz CT molecular complexity index is 431. The van der Waals surface area contributed by atoms with Crippen molar-refractivity contribution < 1.29 is 4.79 Å². The van der Waals surface area contributed by atoms with Crippen molar-refractivity contribution in [1.29, 1.82) is 0 Å². The zero-order valence-electron chi connectivity index (χ0n) is 7.80. The Labute approximate surface area is 86.0 Å². The first kappa shape index (κ1) is 9.15. The maximum Gasteiger partial charge on any atom is 0.160 e. The molecule has 0 bridgehead atoms. The summed E-state index contributed by atoms with van der Waals surface area (Å²) >= 11 is 1.53. The second-order valence-electron chi connectivity index (χ2n) is 3.05. The van der Waals surface area contributed by atoms with Gasteiger partial charge in [-0.1, -0.05) is 0 Å². The van der Waals surface area contributed by atoms with Crippen molar-refractivity contribution in [3.05, 3.63) is 39.8 Å². The number of nitrogens with zero attached hydrogens (tertiary/aromatic N) is 2. The van der Waals surface area contributed by atoms with Gasteiger partial charge in [-0.15, -0.1) is 11.3 Å². The average Bonchev–Trinajstić information content (AvgIpc) is 2.78. The number of hydrogen-bond acceptors (Lipinski definition) is 3. The largest absolute Gasteiger partial charge is 0.297 e. The summed E-state index contributed by atoms with van der Waals surface area (Å²) < 4.78 is 1.85. The maximum atomic E-state index is 10.6. The molecule has 0 aliphatic carbocycles. The summed E-state index contributed by atoms with van der Waals surface area (Å²) in [4.78, 5) is 12.5. The van der Waals surface area contributed by atoms with Crippen LogP contribution in [0, 0.1) is 6.92 Å². The van der Waals surface area contributed by atoms with E-state index in [0.717, 1.165) is 17.7 Å². The lowest BCUT2D eigenvalue weighted by Gasteiger charge is -1.99. The molecule has 0 saturated heterocycles. The van der Waals surface area contributed by atoms with E-state index in [1.165, 1.54) is 21.8 Å². The van der Waals surface area contributed by atoms with Crippen LogP contribution in [0.5, 0.6) is 0 Å². The average molecular weight is 206 g/mol. The molecule has 0 radical (unpaired) electrons. The zero-order chi connectivity index (χ0) is 9.97. The summed E-state index contributed by atoms with van der Waals surface area (Å²) in [5, 5.41) is 4.12. The molecule has 0 fully saturated rings. The minimum absolute atomic E-state index is 0.739. The smallest absolute Gasteiger partial charge is 0.160 e. The van der Waals surface area contributed by atoms with Gasteiger partial charge in [0.25, 0.3) is 0 Å². The fraction of sp³-hybridized carbons (Fsp3) is 0.200. The summed E-state index contributed by atoms with van der Waals surface area (Å²) in [6.07, 6.45) is 4.56. The molecule has 72 valence electrons. The highest BCUT2D eigenvalue weighted by Gasteiger charge is 2.05. The van der Waals surface area contributed by atoms with Gasteiger partial charge in [0, 0.05) is 17.3 Å². The number of aldehydes is 1. The van der Waals surface area contributed by atoms with E-state index in [9.17, 15) is 4.79 Å². The van der Waals surface area contributed by atoms with Gasteiger partial charge in [-0.2, -0.15) is 5.10 Å². The van der Waals surface area contributed by atoms with Crippen molar-refractivity contribution >= 4 is 17.6 Å². The van der Waals surface area contributed by atoms with Crippen molar-refractivity contribution in [2.24, 2.45) is 0 Å². The van der Waals surface area contributed by atoms with Crippen molar-refractivity contribution in [1.82, 2.24) is 9.78 Å². The van der Waals surface area contributed by atoms with Crippen LogP contribution in [0.15, 0.2) is 24.5 Å². The number of carbonyl (C=O) groups excluding carboxylic acids is 1. The predicted molar refractivity (Wildman–Crippen MR) is 55.8 cm³/mol. The highest BCUT2D eigenvalue weighted by atomic mass is 32.1. The van der Waals surface area contributed by atoms with E-state index in [-0.39, 0.29) is 0 Å². The van der Waals surface area contributed by atoms with Gasteiger partial charge in [0.15, 0.2) is 6.29 Å². The van der Waals surface area contributed by atoms with E-state index >= 15 is 0 Å². The van der Waals surface area contributed by atoms with Crippen LogP contribution >= 0.6 is 11.3 Å². The molecule has 0 N–H and O–H groups in total. The molecule has 0 unspecified atom stereocenters. The third-order valence-corrected chi connectivity index (χ3v) is 3.07. The molecule has 0 aliphatic rings. The monoisotopic (exact) mass is 206 g/mol. The minimum atomic E-state index is 0.739. The summed E-state index contributed by atoms with van der Waals surface area (Å²) in [7, 11) is 0. The minimum Gasteiger partial charge on any atom is -0.297 e. The van der Waals surface area contributed by atoms with Crippen LogP contribution in [0.3, 0.4) is 0 Å². The van der Waals surface area contributed by atoms with Crippen molar-refractivity contribution in [3.8, 4) is 0 Å². The molecule has 0 spiro atoms. The van der Waals surface area contributed by atoms with Crippen LogP contribution < -0.4 is 0 Å². The number of thiophene rings is 1. The van der Waals surface area contributed by atoms with Gasteiger partial charge < -0.3 is 0 Å². The molecule has 0 atom stereocenters. The normalized spacial score (nSPS) is 10.4. The van der Waals surface area contributed by atoms with E-state index in [0.29, 0.717) is 0 Å². The number of rotatable bonds is 3. The molecule has 2 heterocycles. The van der Waals surface area contributed by atoms with Crippen LogP contribution in [-0.4, -0.2) is 16.1 Å². The Morgan fingerprint density at radius 2 is 2.50 bits per heavy atom. The zero-order valence-corrected chi connectivity index (χ0v) is 8.62. The maximum absolute atomic E-state index is 10.6. The summed E-state index contributed by atoms with van der Waals surface area (Å²) in [6.45, 7) is 2.76. The third kappa shape index (κ3) is 1.75. The molecular formula is C10H10N2OS. The first-order valence-electron chi connectivity index (χ1n) is 4.31. The van der Waals surface area contributed by atoms with Crippen molar-refractivity contribution in [2.75, 3.05) is 0 Å². The van der Waals surface area contributed by atoms with Gasteiger partial charge >= 0.3 is 0 Å². The Balaban J connectivity index is 2.24. The first-order valence-corrected chi connectivity index (χ1v) is 5.13. The fourth-order valence-corrected chi connectivity index (χ4v) is 2.19. The molecule has 0 saturated carbocycles. The topological polar surface area (TPSA) is 34.9 Å². The second-order valence-corrected chi connectivity index (χ2v) is 4.34. The van der Waals surface area contributed by atoms with Crippen LogP contribution in [0.1, 0.15) is 20.1 Å². The van der Waals surface area contributed by atoms with Crippen molar-refractivity contribution in [2.45, 2.75) is 13.5 Å². The van der Waals surface area contributed by atoms with Crippen LogP contribution in [0.2, 0.25) is 0 Å². The highest BCUT2D eigenvalue weighted by molar-refractivity contribution is 7.13. The molecular weight excluding hydrogens is 196 g/mol. The molecule has 2 rings (SSSR count). The van der Waals surface area contributed by atoms with Gasteiger partial charge in [-0.25, -0.2) is 0 Å². The number of hydrogen-bond donors (Lipinski definition) is 0. The van der Waals surface area contributed by atoms with E-state index in [1.807, 2.05) is 29.9 Å². The van der Waals surface area contributed by atoms with Gasteiger partial charge in [0.2, 0.25) is 0 Å². The van der Waals surface area contributed by atoms with Crippen LogP contribution in [-0.2, 0) is 6.54 Å². The first-order chi connectivity index (χ1) is 6.79. The molecule has 14 heavy (non-hydrogen) atoms. The molecule has 0 aliphatic heterocycles. The lowest BCUT2D eigenvalue weighted by molar-refractivity contribution is 0.112. The molecule has 4 heteroatoms. The van der Waals surface area contributed by atoms with Gasteiger partial charge in [0.1, 0.15) is 0 Å². The lowest BCUT2D eigenvalue weighted by Crippen LogP contribution is -1.99.